The van der Waals surface area contributed by atoms with Crippen LogP contribution in [-0.2, 0) is 0 Å². The SMILES string of the molecule is Cc1cc(Br)c(C(F)F)c(Cl)n1. The number of hydrogen-bond donors (Lipinski definition) is 0. The first-order valence-corrected chi connectivity index (χ1v) is 4.30. The molecular formula is C7H5BrClF2N. The Bertz CT molecular complexity index is 280. The highest BCUT2D eigenvalue weighted by atomic mass is 79.9. The first-order valence-electron chi connectivity index (χ1n) is 3.13. The summed E-state index contributed by atoms with van der Waals surface area (Å²) in [6, 6.07) is 1.51. The van der Waals surface area contributed by atoms with E-state index in [2.05, 4.69) is 20.9 Å². The normalized spacial score (nSPS) is 10.8. The Balaban J connectivity index is 3.28. The van der Waals surface area contributed by atoms with Gasteiger partial charge in [-0.1, -0.05) is 27.5 Å². The van der Waals surface area contributed by atoms with Gasteiger partial charge in [0.25, 0.3) is 6.43 Å². The average Bonchev–Trinajstić information content (AvgIpc) is 1.82. The Morgan fingerprint density at radius 1 is 1.58 bits per heavy atom. The van der Waals surface area contributed by atoms with Crippen LogP contribution < -0.4 is 0 Å². The molecule has 0 bridgehead atoms. The molecule has 1 nitrogen and oxygen atoms in total. The molecule has 1 aromatic rings. The number of alkyl halides is 2. The van der Waals surface area contributed by atoms with Crippen LogP contribution in [0.15, 0.2) is 10.5 Å². The number of rotatable bonds is 1. The topological polar surface area (TPSA) is 12.9 Å². The van der Waals surface area contributed by atoms with Gasteiger partial charge in [-0.05, 0) is 13.0 Å². The summed E-state index contributed by atoms with van der Waals surface area (Å²) in [5, 5.41) is -0.142. The molecule has 0 atom stereocenters. The largest absolute Gasteiger partial charge is 0.267 e. The van der Waals surface area contributed by atoms with Crippen molar-refractivity contribution < 1.29 is 8.78 Å². The number of aromatic nitrogens is 1. The Morgan fingerprint density at radius 2 is 2.17 bits per heavy atom. The van der Waals surface area contributed by atoms with E-state index in [-0.39, 0.29) is 10.7 Å². The van der Waals surface area contributed by atoms with Crippen LogP contribution in [0.3, 0.4) is 0 Å². The summed E-state index contributed by atoms with van der Waals surface area (Å²) in [5.41, 5.74) is 0.360. The van der Waals surface area contributed by atoms with Crippen LogP contribution in [-0.4, -0.2) is 4.98 Å². The average molecular weight is 256 g/mol. The van der Waals surface area contributed by atoms with Gasteiger partial charge in [0, 0.05) is 10.2 Å². The molecule has 12 heavy (non-hydrogen) atoms. The highest BCUT2D eigenvalue weighted by Gasteiger charge is 2.17. The summed E-state index contributed by atoms with van der Waals surface area (Å²) in [5.74, 6) is 0. The predicted molar refractivity (Wildman–Crippen MR) is 46.6 cm³/mol. The fourth-order valence-electron chi connectivity index (χ4n) is 0.801. The highest BCUT2D eigenvalue weighted by molar-refractivity contribution is 9.10. The van der Waals surface area contributed by atoms with E-state index in [1.807, 2.05) is 0 Å². The summed E-state index contributed by atoms with van der Waals surface area (Å²) in [6.07, 6.45) is -2.60. The minimum atomic E-state index is -2.60. The van der Waals surface area contributed by atoms with Crippen molar-refractivity contribution in [2.75, 3.05) is 0 Å². The molecule has 5 heteroatoms. The smallest absolute Gasteiger partial charge is 0.241 e. The second-order valence-corrected chi connectivity index (χ2v) is 3.46. The van der Waals surface area contributed by atoms with Crippen LogP contribution in [0.25, 0.3) is 0 Å². The Hall–Kier alpha value is -0.220. The fourth-order valence-corrected chi connectivity index (χ4v) is 1.93. The van der Waals surface area contributed by atoms with Gasteiger partial charge in [0.15, 0.2) is 0 Å². The van der Waals surface area contributed by atoms with Crippen LogP contribution in [0, 0.1) is 6.92 Å². The van der Waals surface area contributed by atoms with Crippen LogP contribution in [0.4, 0.5) is 8.78 Å². The predicted octanol–water partition coefficient (Wildman–Crippen LogP) is 3.74. The summed E-state index contributed by atoms with van der Waals surface area (Å²) in [4.78, 5) is 3.71. The first kappa shape index (κ1) is 9.86. The summed E-state index contributed by atoms with van der Waals surface area (Å²) < 4.78 is 24.8. The number of aryl methyl sites for hydroxylation is 1. The molecule has 0 saturated heterocycles. The molecule has 0 unspecified atom stereocenters. The quantitative estimate of drug-likeness (QED) is 0.698. The van der Waals surface area contributed by atoms with E-state index in [1.165, 1.54) is 6.07 Å². The van der Waals surface area contributed by atoms with Gasteiger partial charge in [-0.3, -0.25) is 0 Å². The van der Waals surface area contributed by atoms with E-state index in [0.29, 0.717) is 10.2 Å². The zero-order chi connectivity index (χ0) is 9.30. The van der Waals surface area contributed by atoms with Gasteiger partial charge < -0.3 is 0 Å². The van der Waals surface area contributed by atoms with Crippen molar-refractivity contribution in [1.29, 1.82) is 0 Å². The number of nitrogens with zero attached hydrogens (tertiary/aromatic N) is 1. The van der Waals surface area contributed by atoms with Crippen molar-refractivity contribution in [1.82, 2.24) is 4.98 Å². The summed E-state index contributed by atoms with van der Waals surface area (Å²) in [6.45, 7) is 1.69. The Morgan fingerprint density at radius 3 is 2.58 bits per heavy atom. The molecule has 0 saturated carbocycles. The molecule has 0 aliphatic rings. The molecule has 0 fully saturated rings. The van der Waals surface area contributed by atoms with Gasteiger partial charge in [-0.25, -0.2) is 13.8 Å². The lowest BCUT2D eigenvalue weighted by Crippen LogP contribution is -1.93. The lowest BCUT2D eigenvalue weighted by Gasteiger charge is -2.05. The molecule has 0 N–H and O–H groups in total. The number of hydrogen-bond acceptors (Lipinski definition) is 1. The third-order valence-electron chi connectivity index (χ3n) is 1.31. The molecule has 0 spiro atoms. The van der Waals surface area contributed by atoms with E-state index in [4.69, 9.17) is 11.6 Å². The molecule has 0 aliphatic carbocycles. The maximum atomic E-state index is 12.3. The number of pyridine rings is 1. The maximum Gasteiger partial charge on any atom is 0.267 e. The molecular weight excluding hydrogens is 251 g/mol. The summed E-state index contributed by atoms with van der Waals surface area (Å²) in [7, 11) is 0. The molecule has 0 radical (unpaired) electrons. The second-order valence-electron chi connectivity index (χ2n) is 2.25. The van der Waals surface area contributed by atoms with Crippen molar-refractivity contribution in [3.8, 4) is 0 Å². The maximum absolute atomic E-state index is 12.3. The molecule has 0 amide bonds. The Kier molecular flexibility index (Phi) is 3.01. The molecule has 1 heterocycles. The van der Waals surface area contributed by atoms with Crippen molar-refractivity contribution in [2.24, 2.45) is 0 Å². The summed E-state index contributed by atoms with van der Waals surface area (Å²) >= 11 is 8.50. The molecule has 0 aliphatic heterocycles. The zero-order valence-corrected chi connectivity index (χ0v) is 8.46. The fraction of sp³-hybridized carbons (Fsp3) is 0.286. The lowest BCUT2D eigenvalue weighted by molar-refractivity contribution is 0.150. The van der Waals surface area contributed by atoms with E-state index >= 15 is 0 Å². The van der Waals surface area contributed by atoms with Crippen LogP contribution in [0.5, 0.6) is 0 Å². The van der Waals surface area contributed by atoms with E-state index in [0.717, 1.165) is 0 Å². The van der Waals surface area contributed by atoms with Crippen LogP contribution >= 0.6 is 27.5 Å². The van der Waals surface area contributed by atoms with Crippen molar-refractivity contribution in [2.45, 2.75) is 13.3 Å². The van der Waals surface area contributed by atoms with Gasteiger partial charge in [0.1, 0.15) is 5.15 Å². The molecule has 0 aromatic carbocycles. The van der Waals surface area contributed by atoms with Gasteiger partial charge in [-0.2, -0.15) is 0 Å². The Labute approximate surface area is 81.9 Å². The first-order chi connectivity index (χ1) is 5.52. The molecule has 1 aromatic heterocycles. The monoisotopic (exact) mass is 255 g/mol. The van der Waals surface area contributed by atoms with Crippen LogP contribution in [0.1, 0.15) is 17.7 Å². The minimum Gasteiger partial charge on any atom is -0.241 e. The molecule has 1 rings (SSSR count). The highest BCUT2D eigenvalue weighted by Crippen LogP contribution is 2.32. The van der Waals surface area contributed by atoms with Crippen molar-refractivity contribution in [3.63, 3.8) is 0 Å². The van der Waals surface area contributed by atoms with E-state index in [1.54, 1.807) is 6.92 Å². The van der Waals surface area contributed by atoms with E-state index < -0.39 is 6.43 Å². The zero-order valence-electron chi connectivity index (χ0n) is 6.11. The van der Waals surface area contributed by atoms with Gasteiger partial charge >= 0.3 is 0 Å². The third-order valence-corrected chi connectivity index (χ3v) is 2.25. The number of halogens is 4. The van der Waals surface area contributed by atoms with E-state index in [9.17, 15) is 8.78 Å². The second kappa shape index (κ2) is 3.66. The van der Waals surface area contributed by atoms with Gasteiger partial charge in [0.05, 0.1) is 5.56 Å². The van der Waals surface area contributed by atoms with Crippen molar-refractivity contribution >= 4 is 27.5 Å². The van der Waals surface area contributed by atoms with Gasteiger partial charge in [-0.15, -0.1) is 0 Å². The van der Waals surface area contributed by atoms with Crippen LogP contribution in [0.2, 0.25) is 5.15 Å². The standard InChI is InChI=1S/C7H5BrClF2N/c1-3-2-4(8)5(7(10)11)6(9)12-3/h2,7H,1H3. The lowest BCUT2D eigenvalue weighted by atomic mass is 10.2. The molecule has 66 valence electrons. The van der Waals surface area contributed by atoms with Crippen molar-refractivity contribution in [3.05, 3.63) is 26.9 Å². The minimum absolute atomic E-state index is 0.142. The third kappa shape index (κ3) is 1.93. The van der Waals surface area contributed by atoms with Gasteiger partial charge in [0.2, 0.25) is 0 Å².